The van der Waals surface area contributed by atoms with Crippen LogP contribution in [-0.4, -0.2) is 16.3 Å². The first-order chi connectivity index (χ1) is 9.38. The predicted molar refractivity (Wildman–Crippen MR) is 78.0 cm³/mol. The van der Waals surface area contributed by atoms with E-state index in [0.717, 1.165) is 13.0 Å². The van der Waals surface area contributed by atoms with E-state index in [0.29, 0.717) is 6.54 Å². The van der Waals surface area contributed by atoms with Crippen LogP contribution in [0.5, 0.6) is 0 Å². The molecule has 0 aliphatic rings. The fourth-order valence-corrected chi connectivity index (χ4v) is 2.42. The zero-order chi connectivity index (χ0) is 13.1. The van der Waals surface area contributed by atoms with Crippen LogP contribution >= 0.6 is 0 Å². The highest BCUT2D eigenvalue weighted by Crippen LogP contribution is 2.16. The van der Waals surface area contributed by atoms with E-state index < -0.39 is 0 Å². The van der Waals surface area contributed by atoms with Crippen LogP contribution in [0.3, 0.4) is 0 Å². The molecule has 0 unspecified atom stereocenters. The lowest BCUT2D eigenvalue weighted by Crippen LogP contribution is -2.08. The lowest BCUT2D eigenvalue weighted by atomic mass is 10.0. The van der Waals surface area contributed by atoms with Crippen LogP contribution in [0, 0.1) is 0 Å². The normalized spacial score (nSPS) is 11.0. The Labute approximate surface area is 112 Å². The minimum atomic E-state index is 0.677. The molecule has 96 valence electrons. The summed E-state index contributed by atoms with van der Waals surface area (Å²) in [6.07, 6.45) is 2.83. The minimum Gasteiger partial charge on any atom is -0.330 e. The minimum absolute atomic E-state index is 0.677. The second kappa shape index (κ2) is 5.24. The van der Waals surface area contributed by atoms with Crippen molar-refractivity contribution < 1.29 is 0 Å². The predicted octanol–water partition coefficient (Wildman–Crippen LogP) is 2.59. The van der Waals surface area contributed by atoms with Gasteiger partial charge in [0.25, 0.3) is 0 Å². The molecule has 0 amide bonds. The molecule has 0 spiro atoms. The molecule has 0 fully saturated rings. The highest BCUT2D eigenvalue weighted by atomic mass is 15.3. The Morgan fingerprint density at radius 3 is 2.53 bits per heavy atom. The van der Waals surface area contributed by atoms with Gasteiger partial charge in [-0.15, -0.1) is 0 Å². The lowest BCUT2D eigenvalue weighted by Gasteiger charge is -2.09. The maximum atomic E-state index is 5.67. The molecule has 3 aromatic rings. The second-order valence-corrected chi connectivity index (χ2v) is 4.67. The maximum Gasteiger partial charge on any atom is 0.0686 e. The van der Waals surface area contributed by atoms with Crippen molar-refractivity contribution >= 4 is 10.9 Å². The van der Waals surface area contributed by atoms with Gasteiger partial charge in [0.05, 0.1) is 18.3 Å². The van der Waals surface area contributed by atoms with Crippen molar-refractivity contribution in [2.75, 3.05) is 6.54 Å². The summed E-state index contributed by atoms with van der Waals surface area (Å²) in [6, 6.07) is 16.7. The van der Waals surface area contributed by atoms with Gasteiger partial charge in [-0.2, -0.15) is 5.10 Å². The van der Waals surface area contributed by atoms with Crippen LogP contribution in [0.1, 0.15) is 11.1 Å². The second-order valence-electron chi connectivity index (χ2n) is 4.67. The largest absolute Gasteiger partial charge is 0.330 e. The summed E-state index contributed by atoms with van der Waals surface area (Å²) < 4.78 is 2.05. The standard InChI is InChI=1S/C16H17N3/c17-10-9-13-5-1-2-7-15(13)12-19-16-8-4-3-6-14(16)11-18-19/h1-8,11H,9-10,12,17H2. The SMILES string of the molecule is NCCc1ccccc1Cn1ncc2ccccc21. The summed E-state index contributed by atoms with van der Waals surface area (Å²) >= 11 is 0. The molecule has 3 heteroatoms. The van der Waals surface area contributed by atoms with Crippen molar-refractivity contribution in [2.24, 2.45) is 5.73 Å². The third kappa shape index (κ3) is 2.37. The number of hydrogen-bond donors (Lipinski definition) is 1. The van der Waals surface area contributed by atoms with Crippen molar-refractivity contribution in [2.45, 2.75) is 13.0 Å². The smallest absolute Gasteiger partial charge is 0.0686 e. The number of para-hydroxylation sites is 1. The molecule has 1 heterocycles. The molecule has 1 aromatic heterocycles. The van der Waals surface area contributed by atoms with E-state index in [4.69, 9.17) is 5.73 Å². The van der Waals surface area contributed by atoms with Gasteiger partial charge in [-0.25, -0.2) is 0 Å². The first-order valence-electron chi connectivity index (χ1n) is 6.56. The Kier molecular flexibility index (Phi) is 3.29. The van der Waals surface area contributed by atoms with Crippen LogP contribution in [0.2, 0.25) is 0 Å². The monoisotopic (exact) mass is 251 g/mol. The molecule has 0 atom stereocenters. The van der Waals surface area contributed by atoms with E-state index in [-0.39, 0.29) is 0 Å². The van der Waals surface area contributed by atoms with E-state index >= 15 is 0 Å². The van der Waals surface area contributed by atoms with E-state index in [9.17, 15) is 0 Å². The van der Waals surface area contributed by atoms with Gasteiger partial charge in [-0.3, -0.25) is 4.68 Å². The molecule has 2 N–H and O–H groups in total. The summed E-state index contributed by atoms with van der Waals surface area (Å²) in [7, 11) is 0. The first kappa shape index (κ1) is 11.9. The number of nitrogens with zero attached hydrogens (tertiary/aromatic N) is 2. The molecular formula is C16H17N3. The number of hydrogen-bond acceptors (Lipinski definition) is 2. The summed E-state index contributed by atoms with van der Waals surface area (Å²) in [4.78, 5) is 0. The van der Waals surface area contributed by atoms with Gasteiger partial charge in [0.2, 0.25) is 0 Å². The number of fused-ring (bicyclic) bond motifs is 1. The molecule has 3 rings (SSSR count). The Morgan fingerprint density at radius 1 is 0.947 bits per heavy atom. The third-order valence-corrected chi connectivity index (χ3v) is 3.40. The Bertz CT molecular complexity index is 685. The van der Waals surface area contributed by atoms with Gasteiger partial charge in [-0.1, -0.05) is 42.5 Å². The zero-order valence-corrected chi connectivity index (χ0v) is 10.8. The Hall–Kier alpha value is -2.13. The molecule has 0 aliphatic carbocycles. The van der Waals surface area contributed by atoms with Crippen LogP contribution < -0.4 is 5.73 Å². The number of nitrogens with two attached hydrogens (primary N) is 1. The van der Waals surface area contributed by atoms with Crippen molar-refractivity contribution in [3.8, 4) is 0 Å². The van der Waals surface area contributed by atoms with Crippen molar-refractivity contribution in [1.82, 2.24) is 9.78 Å². The fourth-order valence-electron chi connectivity index (χ4n) is 2.42. The third-order valence-electron chi connectivity index (χ3n) is 3.40. The molecule has 0 radical (unpaired) electrons. The van der Waals surface area contributed by atoms with Gasteiger partial charge in [0.1, 0.15) is 0 Å². The molecule has 3 nitrogen and oxygen atoms in total. The van der Waals surface area contributed by atoms with Gasteiger partial charge < -0.3 is 5.73 Å². The van der Waals surface area contributed by atoms with E-state index in [1.165, 1.54) is 22.0 Å². The van der Waals surface area contributed by atoms with Crippen molar-refractivity contribution in [3.63, 3.8) is 0 Å². The molecule has 0 aliphatic heterocycles. The summed E-state index contributed by atoms with van der Waals surface area (Å²) in [5.41, 5.74) is 9.45. The summed E-state index contributed by atoms with van der Waals surface area (Å²) in [5, 5.41) is 5.66. The van der Waals surface area contributed by atoms with Gasteiger partial charge in [-0.05, 0) is 30.2 Å². The zero-order valence-electron chi connectivity index (χ0n) is 10.8. The number of benzene rings is 2. The molecule has 2 aromatic carbocycles. The quantitative estimate of drug-likeness (QED) is 0.774. The van der Waals surface area contributed by atoms with Crippen LogP contribution in [0.4, 0.5) is 0 Å². The van der Waals surface area contributed by atoms with Crippen LogP contribution in [0.25, 0.3) is 10.9 Å². The fraction of sp³-hybridized carbons (Fsp3) is 0.188. The molecule has 0 saturated heterocycles. The van der Waals surface area contributed by atoms with E-state index in [2.05, 4.69) is 41.5 Å². The number of rotatable bonds is 4. The van der Waals surface area contributed by atoms with Crippen LogP contribution in [0.15, 0.2) is 54.7 Å². The summed E-state index contributed by atoms with van der Waals surface area (Å²) in [6.45, 7) is 1.47. The first-order valence-corrected chi connectivity index (χ1v) is 6.56. The molecule has 0 bridgehead atoms. The van der Waals surface area contributed by atoms with Crippen molar-refractivity contribution in [1.29, 1.82) is 0 Å². The molecule has 0 saturated carbocycles. The topological polar surface area (TPSA) is 43.8 Å². The highest BCUT2D eigenvalue weighted by Gasteiger charge is 2.05. The van der Waals surface area contributed by atoms with E-state index in [1.54, 1.807) is 0 Å². The average molecular weight is 251 g/mol. The van der Waals surface area contributed by atoms with Gasteiger partial charge in [0.15, 0.2) is 0 Å². The van der Waals surface area contributed by atoms with E-state index in [1.807, 2.05) is 23.0 Å². The molecular weight excluding hydrogens is 234 g/mol. The van der Waals surface area contributed by atoms with Gasteiger partial charge in [0, 0.05) is 5.39 Å². The lowest BCUT2D eigenvalue weighted by molar-refractivity contribution is 0.704. The molecule has 19 heavy (non-hydrogen) atoms. The summed E-state index contributed by atoms with van der Waals surface area (Å²) in [5.74, 6) is 0. The Morgan fingerprint density at radius 2 is 1.68 bits per heavy atom. The maximum absolute atomic E-state index is 5.67. The van der Waals surface area contributed by atoms with Gasteiger partial charge >= 0.3 is 0 Å². The number of aromatic nitrogens is 2. The van der Waals surface area contributed by atoms with Crippen LogP contribution in [-0.2, 0) is 13.0 Å². The average Bonchev–Trinajstić information content (AvgIpc) is 2.85. The Balaban J connectivity index is 1.97. The van der Waals surface area contributed by atoms with Crippen molar-refractivity contribution in [3.05, 3.63) is 65.9 Å². The highest BCUT2D eigenvalue weighted by molar-refractivity contribution is 5.78.